The lowest BCUT2D eigenvalue weighted by molar-refractivity contribution is -0.146. The Labute approximate surface area is 139 Å². The molecule has 1 aromatic carbocycles. The molecular formula is C16H20BrNO2S. The van der Waals surface area contributed by atoms with Gasteiger partial charge in [0.15, 0.2) is 0 Å². The third-order valence-corrected chi connectivity index (χ3v) is 4.73. The van der Waals surface area contributed by atoms with Gasteiger partial charge in [0, 0.05) is 11.0 Å². The van der Waals surface area contributed by atoms with E-state index in [0.29, 0.717) is 17.5 Å². The van der Waals surface area contributed by atoms with Crippen LogP contribution in [0.5, 0.6) is 0 Å². The van der Waals surface area contributed by atoms with Crippen LogP contribution in [0.4, 0.5) is 0 Å². The van der Waals surface area contributed by atoms with Gasteiger partial charge < -0.3 is 10.1 Å². The molecule has 1 N–H and O–H groups in total. The largest absolute Gasteiger partial charge is 0.465 e. The zero-order valence-electron chi connectivity index (χ0n) is 12.1. The number of hydrogen-bond acceptors (Lipinski definition) is 3. The first kappa shape index (κ1) is 16.4. The van der Waals surface area contributed by atoms with Gasteiger partial charge in [-0.05, 0) is 49.8 Å². The number of rotatable bonds is 5. The summed E-state index contributed by atoms with van der Waals surface area (Å²) in [6, 6.07) is 8.39. The van der Waals surface area contributed by atoms with Crippen molar-refractivity contribution >= 4 is 39.1 Å². The number of nitrogens with one attached hydrogen (secondary N) is 1. The van der Waals surface area contributed by atoms with E-state index in [1.165, 1.54) is 5.56 Å². The highest BCUT2D eigenvalue weighted by atomic mass is 79.9. The van der Waals surface area contributed by atoms with Crippen molar-refractivity contribution in [3.05, 3.63) is 34.3 Å². The lowest BCUT2D eigenvalue weighted by atomic mass is 9.86. The number of carbonyl (C=O) groups is 1. The first-order chi connectivity index (χ1) is 10.1. The average Bonchev–Trinajstić information content (AvgIpc) is 2.48. The second kappa shape index (κ2) is 7.90. The Morgan fingerprint density at radius 2 is 2.14 bits per heavy atom. The predicted octanol–water partition coefficient (Wildman–Crippen LogP) is 3.50. The second-order valence-corrected chi connectivity index (χ2v) is 6.67. The van der Waals surface area contributed by atoms with Crippen LogP contribution in [0, 0.1) is 11.8 Å². The number of thiocarbonyl (C=S) groups is 1. The third-order valence-electron chi connectivity index (χ3n) is 3.78. The van der Waals surface area contributed by atoms with E-state index in [-0.39, 0.29) is 11.9 Å². The minimum atomic E-state index is -0.274. The quantitative estimate of drug-likeness (QED) is 0.636. The third kappa shape index (κ3) is 4.78. The van der Waals surface area contributed by atoms with Crippen LogP contribution in [-0.2, 0) is 16.0 Å². The van der Waals surface area contributed by atoms with E-state index in [2.05, 4.69) is 45.5 Å². The van der Waals surface area contributed by atoms with Gasteiger partial charge in [0.05, 0.1) is 11.6 Å². The molecule has 2 rings (SSSR count). The molecule has 1 aliphatic rings. The Bertz CT molecular complexity index is 504. The van der Waals surface area contributed by atoms with E-state index < -0.39 is 0 Å². The molecule has 1 unspecified atom stereocenters. The summed E-state index contributed by atoms with van der Waals surface area (Å²) in [7, 11) is 0. The molecule has 1 fully saturated rings. The summed E-state index contributed by atoms with van der Waals surface area (Å²) in [5, 5.41) is 3.19. The van der Waals surface area contributed by atoms with Crippen LogP contribution in [0.25, 0.3) is 0 Å². The molecule has 0 aromatic heterocycles. The van der Waals surface area contributed by atoms with Crippen molar-refractivity contribution in [2.45, 2.75) is 26.2 Å². The lowest BCUT2D eigenvalue weighted by Crippen LogP contribution is -2.44. The molecular weight excluding hydrogens is 350 g/mol. The molecule has 21 heavy (non-hydrogen) atoms. The van der Waals surface area contributed by atoms with Crippen molar-refractivity contribution in [3.8, 4) is 0 Å². The number of halogens is 1. The van der Waals surface area contributed by atoms with Crippen molar-refractivity contribution in [3.63, 3.8) is 0 Å². The first-order valence-corrected chi connectivity index (χ1v) is 8.49. The molecule has 0 spiro atoms. The van der Waals surface area contributed by atoms with Crippen LogP contribution in [0.3, 0.4) is 0 Å². The van der Waals surface area contributed by atoms with Crippen molar-refractivity contribution < 1.29 is 9.53 Å². The zero-order valence-corrected chi connectivity index (χ0v) is 14.5. The Morgan fingerprint density at radius 3 is 2.81 bits per heavy atom. The topological polar surface area (TPSA) is 38.3 Å². The fourth-order valence-corrected chi connectivity index (χ4v) is 3.12. The van der Waals surface area contributed by atoms with Crippen LogP contribution in [0.15, 0.2) is 28.7 Å². The maximum absolute atomic E-state index is 11.9. The highest BCUT2D eigenvalue weighted by molar-refractivity contribution is 9.10. The molecule has 3 nitrogen and oxygen atoms in total. The highest BCUT2D eigenvalue weighted by Crippen LogP contribution is 2.24. The summed E-state index contributed by atoms with van der Waals surface area (Å²) >= 11 is 8.69. The van der Waals surface area contributed by atoms with E-state index in [4.69, 9.17) is 17.0 Å². The molecule has 0 amide bonds. The van der Waals surface area contributed by atoms with Crippen LogP contribution in [0.2, 0.25) is 0 Å². The average molecular weight is 370 g/mol. The first-order valence-electron chi connectivity index (χ1n) is 7.29. The summed E-state index contributed by atoms with van der Waals surface area (Å²) in [5.74, 6) is -0.0123. The fourth-order valence-electron chi connectivity index (χ4n) is 2.58. The van der Waals surface area contributed by atoms with Crippen molar-refractivity contribution in [2.24, 2.45) is 11.8 Å². The zero-order chi connectivity index (χ0) is 15.2. The molecule has 1 aliphatic heterocycles. The van der Waals surface area contributed by atoms with E-state index in [0.717, 1.165) is 30.3 Å². The standard InChI is InChI=1S/C16H20BrNO2S/c1-2-20-16(19)14-9-12(10-18-15(14)21)4-3-11-5-7-13(17)8-6-11/h5-8,12,14H,2-4,9-10H2,1H3,(H,18,21)/t12-,14?/m1/s1. The SMILES string of the molecule is CCOC(=O)C1C[C@@H](CCc2ccc(Br)cc2)CNC1=S. The number of hydrogen-bond donors (Lipinski definition) is 1. The summed E-state index contributed by atoms with van der Waals surface area (Å²) < 4.78 is 6.20. The second-order valence-electron chi connectivity index (χ2n) is 5.32. The number of ether oxygens (including phenoxy) is 1. The van der Waals surface area contributed by atoms with Crippen LogP contribution in [-0.4, -0.2) is 24.1 Å². The van der Waals surface area contributed by atoms with Crippen LogP contribution < -0.4 is 5.32 Å². The fraction of sp³-hybridized carbons (Fsp3) is 0.500. The minimum Gasteiger partial charge on any atom is -0.465 e. The van der Waals surface area contributed by atoms with E-state index in [9.17, 15) is 4.79 Å². The van der Waals surface area contributed by atoms with E-state index in [1.807, 2.05) is 6.92 Å². The Balaban J connectivity index is 1.87. The van der Waals surface area contributed by atoms with Gasteiger partial charge in [0.25, 0.3) is 0 Å². The molecule has 1 aromatic rings. The normalized spacial score (nSPS) is 21.7. The maximum atomic E-state index is 11.9. The summed E-state index contributed by atoms with van der Waals surface area (Å²) in [4.78, 5) is 12.5. The smallest absolute Gasteiger partial charge is 0.315 e. The Kier molecular flexibility index (Phi) is 6.18. The number of aryl methyl sites for hydroxylation is 1. The van der Waals surface area contributed by atoms with Crippen molar-refractivity contribution in [1.82, 2.24) is 5.32 Å². The number of esters is 1. The summed E-state index contributed by atoms with van der Waals surface area (Å²) in [6.07, 6.45) is 2.86. The van der Waals surface area contributed by atoms with Gasteiger partial charge >= 0.3 is 5.97 Å². The molecule has 0 saturated carbocycles. The van der Waals surface area contributed by atoms with Gasteiger partial charge in [-0.3, -0.25) is 4.79 Å². The predicted molar refractivity (Wildman–Crippen MR) is 91.3 cm³/mol. The van der Waals surface area contributed by atoms with Crippen LogP contribution >= 0.6 is 28.1 Å². The molecule has 0 aliphatic carbocycles. The maximum Gasteiger partial charge on any atom is 0.315 e. The molecule has 114 valence electrons. The lowest BCUT2D eigenvalue weighted by Gasteiger charge is -2.30. The molecule has 2 atom stereocenters. The van der Waals surface area contributed by atoms with Gasteiger partial charge in [-0.2, -0.15) is 0 Å². The van der Waals surface area contributed by atoms with E-state index in [1.54, 1.807) is 0 Å². The number of benzene rings is 1. The highest BCUT2D eigenvalue weighted by Gasteiger charge is 2.31. The summed E-state index contributed by atoms with van der Waals surface area (Å²) in [5.41, 5.74) is 1.32. The minimum absolute atomic E-state index is 0.191. The van der Waals surface area contributed by atoms with Crippen molar-refractivity contribution in [2.75, 3.05) is 13.2 Å². The van der Waals surface area contributed by atoms with E-state index >= 15 is 0 Å². The van der Waals surface area contributed by atoms with Crippen LogP contribution in [0.1, 0.15) is 25.3 Å². The summed E-state index contributed by atoms with van der Waals surface area (Å²) in [6.45, 7) is 3.08. The molecule has 5 heteroatoms. The van der Waals surface area contributed by atoms with Gasteiger partial charge in [0.1, 0.15) is 5.92 Å². The molecule has 0 bridgehead atoms. The van der Waals surface area contributed by atoms with Crippen molar-refractivity contribution in [1.29, 1.82) is 0 Å². The van der Waals surface area contributed by atoms with Gasteiger partial charge in [-0.15, -0.1) is 0 Å². The molecule has 1 heterocycles. The monoisotopic (exact) mass is 369 g/mol. The molecule has 0 radical (unpaired) electrons. The molecule has 1 saturated heterocycles. The number of carbonyl (C=O) groups excluding carboxylic acids is 1. The Morgan fingerprint density at radius 1 is 1.43 bits per heavy atom. The Hall–Kier alpha value is -0.940. The van der Waals surface area contributed by atoms with Gasteiger partial charge in [0.2, 0.25) is 0 Å². The van der Waals surface area contributed by atoms with Gasteiger partial charge in [-0.1, -0.05) is 40.3 Å². The van der Waals surface area contributed by atoms with Gasteiger partial charge in [-0.25, -0.2) is 0 Å². The number of piperidine rings is 1.